The normalized spacial score (nSPS) is 21.3. The standard InChI is InChI=1S/C11H11FN2O/c12-9-3-1-2-8-10(14-15-11(8)9)7-4-5-13-6-7/h1-3,7,13H,4-6H2. The zero-order chi connectivity index (χ0) is 10.3. The summed E-state index contributed by atoms with van der Waals surface area (Å²) in [5, 5.41) is 8.06. The first kappa shape index (κ1) is 8.85. The summed E-state index contributed by atoms with van der Waals surface area (Å²) in [5.74, 6) is 0.0188. The Morgan fingerprint density at radius 3 is 3.20 bits per heavy atom. The van der Waals surface area contributed by atoms with Crippen LogP contribution in [0.4, 0.5) is 4.39 Å². The van der Waals surface area contributed by atoms with Crippen LogP contribution in [0.5, 0.6) is 0 Å². The SMILES string of the molecule is Fc1cccc2c(C3CCNC3)noc12. The first-order chi connectivity index (χ1) is 7.36. The maximum Gasteiger partial charge on any atom is 0.202 e. The molecule has 1 fully saturated rings. The van der Waals surface area contributed by atoms with Crippen molar-refractivity contribution in [3.8, 4) is 0 Å². The molecule has 1 aromatic heterocycles. The van der Waals surface area contributed by atoms with E-state index in [4.69, 9.17) is 4.52 Å². The monoisotopic (exact) mass is 206 g/mol. The van der Waals surface area contributed by atoms with Gasteiger partial charge in [0.1, 0.15) is 0 Å². The van der Waals surface area contributed by atoms with Gasteiger partial charge in [-0.1, -0.05) is 11.2 Å². The number of aromatic nitrogens is 1. The second-order valence-corrected chi connectivity index (χ2v) is 3.87. The van der Waals surface area contributed by atoms with Gasteiger partial charge in [-0.25, -0.2) is 4.39 Å². The molecular formula is C11H11FN2O. The van der Waals surface area contributed by atoms with Crippen molar-refractivity contribution in [2.45, 2.75) is 12.3 Å². The lowest BCUT2D eigenvalue weighted by Gasteiger charge is -2.02. The van der Waals surface area contributed by atoms with E-state index >= 15 is 0 Å². The van der Waals surface area contributed by atoms with E-state index in [2.05, 4.69) is 10.5 Å². The van der Waals surface area contributed by atoms with E-state index in [1.54, 1.807) is 6.07 Å². The van der Waals surface area contributed by atoms with Crippen molar-refractivity contribution < 1.29 is 8.91 Å². The minimum atomic E-state index is -0.336. The van der Waals surface area contributed by atoms with E-state index in [9.17, 15) is 4.39 Å². The molecule has 0 radical (unpaired) electrons. The molecule has 1 aromatic carbocycles. The Morgan fingerprint density at radius 2 is 2.40 bits per heavy atom. The lowest BCUT2D eigenvalue weighted by atomic mass is 10.0. The molecule has 1 saturated heterocycles. The van der Waals surface area contributed by atoms with Crippen LogP contribution in [0.15, 0.2) is 22.7 Å². The Kier molecular flexibility index (Phi) is 1.95. The molecule has 1 N–H and O–H groups in total. The quantitative estimate of drug-likeness (QED) is 0.776. The van der Waals surface area contributed by atoms with Crippen LogP contribution in [0.25, 0.3) is 11.0 Å². The zero-order valence-corrected chi connectivity index (χ0v) is 8.16. The van der Waals surface area contributed by atoms with Gasteiger partial charge in [-0.15, -0.1) is 0 Å². The maximum absolute atomic E-state index is 13.3. The van der Waals surface area contributed by atoms with Crippen LogP contribution in [-0.2, 0) is 0 Å². The highest BCUT2D eigenvalue weighted by Gasteiger charge is 2.23. The molecule has 2 aromatic rings. The molecule has 0 spiro atoms. The molecule has 78 valence electrons. The summed E-state index contributed by atoms with van der Waals surface area (Å²) in [7, 11) is 0. The Bertz CT molecular complexity index is 488. The van der Waals surface area contributed by atoms with Gasteiger partial charge in [0, 0.05) is 17.8 Å². The lowest BCUT2D eigenvalue weighted by Crippen LogP contribution is -2.08. The molecule has 1 aliphatic heterocycles. The summed E-state index contributed by atoms with van der Waals surface area (Å²) in [6.07, 6.45) is 1.04. The van der Waals surface area contributed by atoms with E-state index in [-0.39, 0.29) is 11.4 Å². The Hall–Kier alpha value is -1.42. The molecule has 1 aliphatic rings. The van der Waals surface area contributed by atoms with Crippen molar-refractivity contribution in [3.05, 3.63) is 29.7 Å². The van der Waals surface area contributed by atoms with Gasteiger partial charge in [-0.2, -0.15) is 0 Å². The summed E-state index contributed by atoms with van der Waals surface area (Å²) in [5.41, 5.74) is 1.16. The highest BCUT2D eigenvalue weighted by atomic mass is 19.1. The van der Waals surface area contributed by atoms with Crippen molar-refractivity contribution in [1.29, 1.82) is 0 Å². The number of nitrogens with one attached hydrogen (secondary N) is 1. The molecule has 0 saturated carbocycles. The van der Waals surface area contributed by atoms with Crippen molar-refractivity contribution in [2.24, 2.45) is 0 Å². The average Bonchev–Trinajstić information content (AvgIpc) is 2.85. The van der Waals surface area contributed by atoms with Gasteiger partial charge in [-0.3, -0.25) is 0 Å². The molecule has 3 rings (SSSR count). The molecule has 3 nitrogen and oxygen atoms in total. The molecule has 0 amide bonds. The predicted molar refractivity (Wildman–Crippen MR) is 54.2 cm³/mol. The van der Waals surface area contributed by atoms with Crippen LogP contribution >= 0.6 is 0 Å². The highest BCUT2D eigenvalue weighted by Crippen LogP contribution is 2.29. The van der Waals surface area contributed by atoms with Crippen LogP contribution in [0.1, 0.15) is 18.0 Å². The van der Waals surface area contributed by atoms with E-state index in [1.165, 1.54) is 6.07 Å². The van der Waals surface area contributed by atoms with Crippen LogP contribution < -0.4 is 5.32 Å². The van der Waals surface area contributed by atoms with Crippen LogP contribution in [0, 0.1) is 5.82 Å². The van der Waals surface area contributed by atoms with Crippen LogP contribution in [-0.4, -0.2) is 18.2 Å². The third kappa shape index (κ3) is 1.33. The van der Waals surface area contributed by atoms with E-state index in [0.717, 1.165) is 30.6 Å². The molecule has 1 unspecified atom stereocenters. The fraction of sp³-hybridized carbons (Fsp3) is 0.364. The Morgan fingerprint density at radius 1 is 1.47 bits per heavy atom. The fourth-order valence-corrected chi connectivity index (χ4v) is 2.13. The summed E-state index contributed by atoms with van der Waals surface area (Å²) in [6, 6.07) is 4.95. The van der Waals surface area contributed by atoms with Crippen molar-refractivity contribution >= 4 is 11.0 Å². The second kappa shape index (κ2) is 3.31. The van der Waals surface area contributed by atoms with Gasteiger partial charge >= 0.3 is 0 Å². The molecule has 4 heteroatoms. The summed E-state index contributed by atoms with van der Waals surface area (Å²) < 4.78 is 18.4. The van der Waals surface area contributed by atoms with Crippen LogP contribution in [0.3, 0.4) is 0 Å². The number of nitrogens with zero attached hydrogens (tertiary/aromatic N) is 1. The number of fused-ring (bicyclic) bond motifs is 1. The van der Waals surface area contributed by atoms with Gasteiger partial charge < -0.3 is 9.84 Å². The number of para-hydroxylation sites is 1. The summed E-state index contributed by atoms with van der Waals surface area (Å²) in [6.45, 7) is 1.90. The Labute approximate surface area is 86.2 Å². The Balaban J connectivity index is 2.15. The van der Waals surface area contributed by atoms with Crippen molar-refractivity contribution in [2.75, 3.05) is 13.1 Å². The third-order valence-electron chi connectivity index (χ3n) is 2.93. The molecule has 0 aliphatic carbocycles. The molecule has 1 atom stereocenters. The molecule has 15 heavy (non-hydrogen) atoms. The third-order valence-corrected chi connectivity index (χ3v) is 2.93. The smallest absolute Gasteiger partial charge is 0.202 e. The fourth-order valence-electron chi connectivity index (χ4n) is 2.13. The second-order valence-electron chi connectivity index (χ2n) is 3.87. The predicted octanol–water partition coefficient (Wildman–Crippen LogP) is 2.04. The number of hydrogen-bond donors (Lipinski definition) is 1. The zero-order valence-electron chi connectivity index (χ0n) is 8.16. The number of benzene rings is 1. The first-order valence-corrected chi connectivity index (χ1v) is 5.11. The highest BCUT2D eigenvalue weighted by molar-refractivity contribution is 5.80. The first-order valence-electron chi connectivity index (χ1n) is 5.11. The van der Waals surface area contributed by atoms with Crippen LogP contribution in [0.2, 0.25) is 0 Å². The van der Waals surface area contributed by atoms with Gasteiger partial charge in [0.15, 0.2) is 5.82 Å². The van der Waals surface area contributed by atoms with Crippen molar-refractivity contribution in [3.63, 3.8) is 0 Å². The molecule has 2 heterocycles. The van der Waals surface area contributed by atoms with Gasteiger partial charge in [0.05, 0.1) is 5.69 Å². The van der Waals surface area contributed by atoms with Crippen molar-refractivity contribution in [1.82, 2.24) is 10.5 Å². The molecular weight excluding hydrogens is 195 g/mol. The van der Waals surface area contributed by atoms with E-state index in [0.29, 0.717) is 5.92 Å². The topological polar surface area (TPSA) is 38.1 Å². The largest absolute Gasteiger partial charge is 0.353 e. The van der Waals surface area contributed by atoms with E-state index < -0.39 is 0 Å². The minimum absolute atomic E-state index is 0.277. The van der Waals surface area contributed by atoms with Gasteiger partial charge in [0.25, 0.3) is 0 Å². The lowest BCUT2D eigenvalue weighted by molar-refractivity contribution is 0.426. The average molecular weight is 206 g/mol. The van der Waals surface area contributed by atoms with E-state index in [1.807, 2.05) is 6.07 Å². The van der Waals surface area contributed by atoms with Gasteiger partial charge in [-0.05, 0) is 25.1 Å². The number of hydrogen-bond acceptors (Lipinski definition) is 3. The summed E-state index contributed by atoms with van der Waals surface area (Å²) in [4.78, 5) is 0. The maximum atomic E-state index is 13.3. The summed E-state index contributed by atoms with van der Waals surface area (Å²) >= 11 is 0. The minimum Gasteiger partial charge on any atom is -0.353 e. The van der Waals surface area contributed by atoms with Gasteiger partial charge in [0.2, 0.25) is 5.58 Å². The number of halogens is 1. The molecule has 0 bridgehead atoms. The number of rotatable bonds is 1.